The second-order valence-electron chi connectivity index (χ2n) is 7.32. The monoisotopic (exact) mass is 425 g/mol. The lowest BCUT2D eigenvalue weighted by Gasteiger charge is -2.30. The van der Waals surface area contributed by atoms with E-state index < -0.39 is 30.5 Å². The van der Waals surface area contributed by atoms with Crippen LogP contribution >= 0.6 is 0 Å². The Morgan fingerprint density at radius 3 is 2.47 bits per heavy atom. The van der Waals surface area contributed by atoms with Gasteiger partial charge in [0.05, 0.1) is 29.7 Å². The second kappa shape index (κ2) is 8.61. The van der Waals surface area contributed by atoms with E-state index in [1.54, 1.807) is 0 Å². The average Bonchev–Trinajstić information content (AvgIpc) is 3.11. The van der Waals surface area contributed by atoms with Crippen molar-refractivity contribution in [2.75, 3.05) is 5.32 Å². The molecule has 162 valence electrons. The number of alkyl halides is 3. The number of nitrogens with one attached hydrogen (secondary N) is 1. The van der Waals surface area contributed by atoms with Crippen molar-refractivity contribution in [1.82, 2.24) is 9.78 Å². The van der Waals surface area contributed by atoms with Gasteiger partial charge in [0.15, 0.2) is 11.9 Å². The van der Waals surface area contributed by atoms with Gasteiger partial charge in [-0.25, -0.2) is 0 Å². The van der Waals surface area contributed by atoms with Gasteiger partial charge >= 0.3 is 6.18 Å². The Hall–Kier alpha value is -2.65. The first-order valence-electron chi connectivity index (χ1n) is 9.32. The van der Waals surface area contributed by atoms with Crippen molar-refractivity contribution in [2.45, 2.75) is 49.9 Å². The van der Waals surface area contributed by atoms with E-state index in [-0.39, 0.29) is 23.0 Å². The van der Waals surface area contributed by atoms with Crippen LogP contribution in [0, 0.1) is 17.2 Å². The van der Waals surface area contributed by atoms with Crippen LogP contribution in [0.2, 0.25) is 0 Å². The first kappa shape index (κ1) is 22.0. The van der Waals surface area contributed by atoms with E-state index in [9.17, 15) is 33.8 Å². The quantitative estimate of drug-likeness (QED) is 0.463. The van der Waals surface area contributed by atoms with Crippen molar-refractivity contribution < 1.29 is 28.5 Å². The number of hydrogen-bond donors (Lipinski definition) is 5. The fourth-order valence-electron chi connectivity index (χ4n) is 3.55. The Kier molecular flexibility index (Phi) is 6.33. The Morgan fingerprint density at radius 1 is 1.23 bits per heavy atom. The van der Waals surface area contributed by atoms with Crippen molar-refractivity contribution in [3.8, 4) is 6.07 Å². The normalized spacial score (nSPS) is 24.1. The van der Waals surface area contributed by atoms with Crippen LogP contribution in [0.15, 0.2) is 30.5 Å². The zero-order valence-corrected chi connectivity index (χ0v) is 15.8. The van der Waals surface area contributed by atoms with Gasteiger partial charge in [-0.15, -0.1) is 0 Å². The molecule has 5 atom stereocenters. The molecule has 6 N–H and O–H groups in total. The van der Waals surface area contributed by atoms with Gasteiger partial charge in [0.1, 0.15) is 6.23 Å². The van der Waals surface area contributed by atoms with E-state index in [0.29, 0.717) is 24.9 Å². The van der Waals surface area contributed by atoms with Crippen molar-refractivity contribution in [2.24, 2.45) is 11.7 Å². The molecule has 1 aliphatic rings. The van der Waals surface area contributed by atoms with E-state index in [1.807, 2.05) is 0 Å². The van der Waals surface area contributed by atoms with Crippen molar-refractivity contribution in [3.63, 3.8) is 0 Å². The number of hydrogen-bond acceptors (Lipinski definition) is 7. The third kappa shape index (κ3) is 4.73. The fourth-order valence-corrected chi connectivity index (χ4v) is 3.55. The van der Waals surface area contributed by atoms with Gasteiger partial charge in [0.25, 0.3) is 0 Å². The molecule has 1 fully saturated rings. The van der Waals surface area contributed by atoms with Crippen molar-refractivity contribution in [1.29, 1.82) is 5.26 Å². The standard InChI is InChI=1S/C19H22F3N5O3/c20-19(21,22)16(29)10-1-3-12(4-2-10)25-18-14(17(24)30)9-27(26-18)15-6-5-13(28)7-11(15)8-23/h1-4,9,11,13,15-17,28-30H,5-7,24H2,(H,25,26)/t11-,13-,15+,16+,17?/m1/s1. The minimum atomic E-state index is -4.77. The highest BCUT2D eigenvalue weighted by molar-refractivity contribution is 5.60. The number of nitrogens with zero attached hydrogens (tertiary/aromatic N) is 3. The number of anilines is 2. The molecule has 0 amide bonds. The van der Waals surface area contributed by atoms with Crippen LogP contribution in [0.3, 0.4) is 0 Å². The molecule has 2 aromatic rings. The maximum atomic E-state index is 12.6. The summed E-state index contributed by atoms with van der Waals surface area (Å²) in [4.78, 5) is 0. The third-order valence-corrected chi connectivity index (χ3v) is 5.17. The first-order valence-corrected chi connectivity index (χ1v) is 9.32. The van der Waals surface area contributed by atoms with E-state index in [1.165, 1.54) is 23.0 Å². The van der Waals surface area contributed by atoms with Crippen LogP contribution in [0.5, 0.6) is 0 Å². The van der Waals surface area contributed by atoms with Gasteiger partial charge < -0.3 is 26.4 Å². The second-order valence-corrected chi connectivity index (χ2v) is 7.32. The maximum absolute atomic E-state index is 12.6. The van der Waals surface area contributed by atoms with Gasteiger partial charge in [-0.05, 0) is 37.0 Å². The minimum absolute atomic E-state index is 0.192. The summed E-state index contributed by atoms with van der Waals surface area (Å²) < 4.78 is 39.4. The van der Waals surface area contributed by atoms with Gasteiger partial charge in [-0.2, -0.15) is 23.5 Å². The van der Waals surface area contributed by atoms with Gasteiger partial charge in [-0.1, -0.05) is 12.1 Å². The molecule has 1 unspecified atom stereocenters. The summed E-state index contributed by atoms with van der Waals surface area (Å²) in [5.74, 6) is -0.274. The smallest absolute Gasteiger partial charge is 0.393 e. The number of aromatic nitrogens is 2. The molecule has 0 bridgehead atoms. The maximum Gasteiger partial charge on any atom is 0.418 e. The molecular weight excluding hydrogens is 403 g/mol. The Labute approximate surface area is 170 Å². The lowest BCUT2D eigenvalue weighted by molar-refractivity contribution is -0.206. The molecule has 1 saturated carbocycles. The molecule has 30 heavy (non-hydrogen) atoms. The highest BCUT2D eigenvalue weighted by atomic mass is 19.4. The molecule has 0 saturated heterocycles. The number of halogens is 3. The molecule has 1 aromatic heterocycles. The van der Waals surface area contributed by atoms with Gasteiger partial charge in [-0.3, -0.25) is 4.68 Å². The number of aliphatic hydroxyl groups is 3. The Morgan fingerprint density at radius 2 is 1.90 bits per heavy atom. The summed E-state index contributed by atoms with van der Waals surface area (Å²) in [6, 6.07) is 6.79. The van der Waals surface area contributed by atoms with Crippen molar-refractivity contribution in [3.05, 3.63) is 41.6 Å². The summed E-state index contributed by atoms with van der Waals surface area (Å²) in [5, 5.41) is 45.7. The molecule has 3 rings (SSSR count). The first-order chi connectivity index (χ1) is 14.1. The molecule has 1 aliphatic carbocycles. The molecule has 11 heteroatoms. The fraction of sp³-hybridized carbons (Fsp3) is 0.474. The Bertz CT molecular complexity index is 908. The SMILES string of the molecule is N#C[C@H]1C[C@H](O)CC[C@@H]1n1cc(C(N)O)c(Nc2ccc([C@H](O)C(F)(F)F)cc2)n1. The van der Waals surface area contributed by atoms with E-state index in [0.717, 1.165) is 12.1 Å². The molecule has 1 heterocycles. The molecule has 0 aliphatic heterocycles. The van der Waals surface area contributed by atoms with E-state index >= 15 is 0 Å². The van der Waals surface area contributed by atoms with Crippen LogP contribution < -0.4 is 11.1 Å². The highest BCUT2D eigenvalue weighted by Crippen LogP contribution is 2.36. The average molecular weight is 425 g/mol. The van der Waals surface area contributed by atoms with Crippen LogP contribution in [-0.4, -0.2) is 37.4 Å². The van der Waals surface area contributed by atoms with E-state index in [4.69, 9.17) is 5.73 Å². The summed E-state index contributed by atoms with van der Waals surface area (Å²) in [7, 11) is 0. The molecular formula is C19H22F3N5O3. The summed E-state index contributed by atoms with van der Waals surface area (Å²) in [6.07, 6.45) is -6.42. The number of nitriles is 1. The van der Waals surface area contributed by atoms with Crippen molar-refractivity contribution >= 4 is 11.5 Å². The predicted octanol–water partition coefficient (Wildman–Crippen LogP) is 2.40. The topological polar surface area (TPSA) is 140 Å². The van der Waals surface area contributed by atoms with Crippen LogP contribution in [0.4, 0.5) is 24.7 Å². The number of rotatable bonds is 5. The minimum Gasteiger partial charge on any atom is -0.393 e. The summed E-state index contributed by atoms with van der Waals surface area (Å²) >= 11 is 0. The zero-order valence-electron chi connectivity index (χ0n) is 15.8. The zero-order chi connectivity index (χ0) is 22.1. The Balaban J connectivity index is 1.83. The lowest BCUT2D eigenvalue weighted by Crippen LogP contribution is -2.29. The third-order valence-electron chi connectivity index (χ3n) is 5.17. The summed E-state index contributed by atoms with van der Waals surface area (Å²) in [5.41, 5.74) is 5.92. The molecule has 0 radical (unpaired) electrons. The largest absolute Gasteiger partial charge is 0.418 e. The van der Waals surface area contributed by atoms with Gasteiger partial charge in [0, 0.05) is 11.9 Å². The highest BCUT2D eigenvalue weighted by Gasteiger charge is 2.39. The predicted molar refractivity (Wildman–Crippen MR) is 100 cm³/mol. The summed E-state index contributed by atoms with van der Waals surface area (Å²) in [6.45, 7) is 0. The number of nitrogens with two attached hydrogens (primary N) is 1. The van der Waals surface area contributed by atoms with Crippen LogP contribution in [0.25, 0.3) is 0 Å². The number of benzene rings is 1. The van der Waals surface area contributed by atoms with Crippen LogP contribution in [-0.2, 0) is 0 Å². The van der Waals surface area contributed by atoms with E-state index in [2.05, 4.69) is 16.5 Å². The lowest BCUT2D eigenvalue weighted by atomic mass is 9.84. The van der Waals surface area contributed by atoms with Gasteiger partial charge in [0.2, 0.25) is 0 Å². The molecule has 8 nitrogen and oxygen atoms in total. The van der Waals surface area contributed by atoms with Crippen LogP contribution in [0.1, 0.15) is 48.8 Å². The molecule has 1 aromatic carbocycles. The number of aliphatic hydroxyl groups excluding tert-OH is 3. The molecule has 0 spiro atoms.